The van der Waals surface area contributed by atoms with E-state index in [1.54, 1.807) is 0 Å². The van der Waals surface area contributed by atoms with Gasteiger partial charge in [0.25, 0.3) is 0 Å². The normalized spacial score (nSPS) is 50.4. The molecule has 4 rings (SSSR count). The number of ketones is 1. The molecule has 0 aromatic carbocycles. The fraction of sp³-hybridized carbons (Fsp3) is 0.682. The minimum atomic E-state index is -1.16. The van der Waals surface area contributed by atoms with Crippen molar-refractivity contribution in [2.75, 3.05) is 0 Å². The first-order valence-electron chi connectivity index (χ1n) is 9.38. The standard InChI is InChI=1S/C22H28O2/c1-5-22(24)14(2)12-19-20(3)10-8-15-13-16(23)6-7-17(15)18(20)9-11-21(19,22)4/h1,13,17-19,24H,2,6-12H2,3-4H3/t17-,18+,19-,20?,21-,22-/m0/s1. The first-order chi connectivity index (χ1) is 11.3. The number of carbonyl (C=O) groups is 1. The summed E-state index contributed by atoms with van der Waals surface area (Å²) in [5.41, 5.74) is 0.973. The molecule has 1 unspecified atom stereocenters. The van der Waals surface area contributed by atoms with Crippen LogP contribution < -0.4 is 0 Å². The molecule has 3 saturated carbocycles. The molecule has 0 heterocycles. The van der Waals surface area contributed by atoms with Crippen LogP contribution in [-0.2, 0) is 4.79 Å². The molecule has 3 fully saturated rings. The molecule has 1 N–H and O–H groups in total. The fourth-order valence-electron chi connectivity index (χ4n) is 6.92. The number of hydrogen-bond acceptors (Lipinski definition) is 2. The van der Waals surface area contributed by atoms with Crippen molar-refractivity contribution < 1.29 is 9.90 Å². The van der Waals surface area contributed by atoms with E-state index >= 15 is 0 Å². The van der Waals surface area contributed by atoms with Crippen molar-refractivity contribution in [3.63, 3.8) is 0 Å². The van der Waals surface area contributed by atoms with Gasteiger partial charge in [-0.15, -0.1) is 6.42 Å². The highest BCUT2D eigenvalue weighted by atomic mass is 16.3. The number of allylic oxidation sites excluding steroid dienone is 1. The van der Waals surface area contributed by atoms with E-state index in [0.717, 1.165) is 44.1 Å². The van der Waals surface area contributed by atoms with Crippen molar-refractivity contribution in [3.05, 3.63) is 23.8 Å². The van der Waals surface area contributed by atoms with Crippen LogP contribution in [0, 0.1) is 40.9 Å². The van der Waals surface area contributed by atoms with Crippen LogP contribution in [0.4, 0.5) is 0 Å². The first kappa shape index (κ1) is 16.2. The summed E-state index contributed by atoms with van der Waals surface area (Å²) in [6.07, 6.45) is 14.4. The Bertz CT molecular complexity index is 695. The van der Waals surface area contributed by atoms with Gasteiger partial charge in [0.1, 0.15) is 0 Å². The van der Waals surface area contributed by atoms with Gasteiger partial charge in [-0.1, -0.05) is 31.9 Å². The van der Waals surface area contributed by atoms with Gasteiger partial charge in [-0.05, 0) is 73.3 Å². The molecule has 0 aromatic heterocycles. The second-order valence-electron chi connectivity index (χ2n) is 9.11. The largest absolute Gasteiger partial charge is 0.373 e. The fourth-order valence-corrected chi connectivity index (χ4v) is 6.92. The zero-order chi connectivity index (χ0) is 17.3. The molecule has 0 aliphatic heterocycles. The van der Waals surface area contributed by atoms with Crippen LogP contribution in [0.2, 0.25) is 0 Å². The Morgan fingerprint density at radius 3 is 2.75 bits per heavy atom. The van der Waals surface area contributed by atoms with Crippen LogP contribution in [0.1, 0.15) is 58.8 Å². The van der Waals surface area contributed by atoms with Crippen LogP contribution in [0.5, 0.6) is 0 Å². The molecular formula is C22H28O2. The van der Waals surface area contributed by atoms with Crippen molar-refractivity contribution in [3.8, 4) is 12.3 Å². The summed E-state index contributed by atoms with van der Waals surface area (Å²) in [5.74, 6) is 4.56. The Hall–Kier alpha value is -1.33. The summed E-state index contributed by atoms with van der Waals surface area (Å²) in [6, 6.07) is 0. The summed E-state index contributed by atoms with van der Waals surface area (Å²) < 4.78 is 0. The molecule has 0 radical (unpaired) electrons. The maximum atomic E-state index is 11.8. The summed E-state index contributed by atoms with van der Waals surface area (Å²) in [7, 11) is 0. The lowest BCUT2D eigenvalue weighted by Crippen LogP contribution is -2.56. The summed E-state index contributed by atoms with van der Waals surface area (Å²) in [4.78, 5) is 11.8. The monoisotopic (exact) mass is 324 g/mol. The smallest absolute Gasteiger partial charge is 0.155 e. The van der Waals surface area contributed by atoms with E-state index in [9.17, 15) is 9.90 Å². The van der Waals surface area contributed by atoms with Gasteiger partial charge < -0.3 is 5.11 Å². The average molecular weight is 324 g/mol. The lowest BCUT2D eigenvalue weighted by atomic mass is 9.44. The number of carbonyl (C=O) groups excluding carboxylic acids is 1. The quantitative estimate of drug-likeness (QED) is 0.539. The van der Waals surface area contributed by atoms with Crippen molar-refractivity contribution in [1.29, 1.82) is 0 Å². The van der Waals surface area contributed by atoms with Crippen LogP contribution in [0.25, 0.3) is 0 Å². The molecular weight excluding hydrogens is 296 g/mol. The van der Waals surface area contributed by atoms with Gasteiger partial charge in [0, 0.05) is 11.8 Å². The molecule has 0 saturated heterocycles. The van der Waals surface area contributed by atoms with E-state index < -0.39 is 5.60 Å². The second-order valence-corrected chi connectivity index (χ2v) is 9.11. The molecule has 0 amide bonds. The number of terminal acetylenes is 1. The SMILES string of the molecule is C#C[C@]1(O)C(=C)C[C@H]2C3(C)CCC4=CC(=O)CC[C@@H]4[C@H]3CC[C@@]21C. The third kappa shape index (κ3) is 1.75. The van der Waals surface area contributed by atoms with Crippen LogP contribution >= 0.6 is 0 Å². The van der Waals surface area contributed by atoms with E-state index in [-0.39, 0.29) is 10.8 Å². The van der Waals surface area contributed by atoms with Crippen LogP contribution in [-0.4, -0.2) is 16.5 Å². The Balaban J connectivity index is 1.76. The predicted molar refractivity (Wildman–Crippen MR) is 95.0 cm³/mol. The topological polar surface area (TPSA) is 37.3 Å². The zero-order valence-electron chi connectivity index (χ0n) is 14.9. The summed E-state index contributed by atoms with van der Waals surface area (Å²) in [5, 5.41) is 11.2. The highest BCUT2D eigenvalue weighted by molar-refractivity contribution is 5.91. The number of fused-ring (bicyclic) bond motifs is 5. The van der Waals surface area contributed by atoms with E-state index in [1.807, 2.05) is 6.08 Å². The van der Waals surface area contributed by atoms with E-state index in [1.165, 1.54) is 5.57 Å². The molecule has 2 heteroatoms. The molecule has 4 aliphatic rings. The molecule has 4 aliphatic carbocycles. The zero-order valence-corrected chi connectivity index (χ0v) is 14.9. The summed E-state index contributed by atoms with van der Waals surface area (Å²) in [6.45, 7) is 8.77. The van der Waals surface area contributed by atoms with Gasteiger partial charge in [-0.3, -0.25) is 4.79 Å². The molecule has 0 bridgehead atoms. The van der Waals surface area contributed by atoms with Gasteiger partial charge in [0.05, 0.1) is 0 Å². The van der Waals surface area contributed by atoms with Crippen molar-refractivity contribution in [1.82, 2.24) is 0 Å². The predicted octanol–water partition coefficient (Wildman–Crippen LogP) is 4.05. The van der Waals surface area contributed by atoms with Crippen LogP contribution in [0.3, 0.4) is 0 Å². The minimum absolute atomic E-state index is 0.180. The molecule has 0 aromatic rings. The lowest BCUT2D eigenvalue weighted by molar-refractivity contribution is -0.128. The summed E-state index contributed by atoms with van der Waals surface area (Å²) >= 11 is 0. The van der Waals surface area contributed by atoms with Gasteiger partial charge in [0.15, 0.2) is 11.4 Å². The Labute approximate surface area is 145 Å². The van der Waals surface area contributed by atoms with Gasteiger partial charge >= 0.3 is 0 Å². The van der Waals surface area contributed by atoms with Crippen molar-refractivity contribution in [2.24, 2.45) is 28.6 Å². The van der Waals surface area contributed by atoms with E-state index in [2.05, 4.69) is 26.3 Å². The highest BCUT2D eigenvalue weighted by Gasteiger charge is 2.67. The molecule has 2 nitrogen and oxygen atoms in total. The molecule has 24 heavy (non-hydrogen) atoms. The third-order valence-electron chi connectivity index (χ3n) is 8.35. The molecule has 6 atom stereocenters. The van der Waals surface area contributed by atoms with Gasteiger partial charge in [-0.25, -0.2) is 0 Å². The number of rotatable bonds is 0. The first-order valence-corrected chi connectivity index (χ1v) is 9.38. The van der Waals surface area contributed by atoms with E-state index in [4.69, 9.17) is 6.42 Å². The minimum Gasteiger partial charge on any atom is -0.373 e. The Morgan fingerprint density at radius 2 is 2.04 bits per heavy atom. The Morgan fingerprint density at radius 1 is 1.29 bits per heavy atom. The highest BCUT2D eigenvalue weighted by Crippen LogP contribution is 2.70. The number of aliphatic hydroxyl groups is 1. The van der Waals surface area contributed by atoms with Gasteiger partial charge in [-0.2, -0.15) is 0 Å². The maximum Gasteiger partial charge on any atom is 0.155 e. The third-order valence-corrected chi connectivity index (χ3v) is 8.35. The average Bonchev–Trinajstić information content (AvgIpc) is 2.76. The maximum absolute atomic E-state index is 11.8. The number of hydrogen-bond donors (Lipinski definition) is 1. The van der Waals surface area contributed by atoms with Crippen molar-refractivity contribution >= 4 is 5.78 Å². The van der Waals surface area contributed by atoms with Gasteiger partial charge in [0.2, 0.25) is 0 Å². The van der Waals surface area contributed by atoms with Crippen LogP contribution in [0.15, 0.2) is 23.8 Å². The second kappa shape index (κ2) is 4.85. The Kier molecular flexibility index (Phi) is 3.27. The molecule has 0 spiro atoms. The van der Waals surface area contributed by atoms with E-state index in [0.29, 0.717) is 30.0 Å². The van der Waals surface area contributed by atoms with Crippen molar-refractivity contribution in [2.45, 2.75) is 64.4 Å². The lowest BCUT2D eigenvalue weighted by Gasteiger charge is -2.60. The molecule has 128 valence electrons.